The summed E-state index contributed by atoms with van der Waals surface area (Å²) in [6, 6.07) is 1.80. The highest BCUT2D eigenvalue weighted by Crippen LogP contribution is 1.82. The molecule has 0 fully saturated rings. The predicted molar refractivity (Wildman–Crippen MR) is 33.2 cm³/mol. The summed E-state index contributed by atoms with van der Waals surface area (Å²) in [6.07, 6.45) is 1.28. The highest BCUT2D eigenvalue weighted by molar-refractivity contribution is 5.74. The van der Waals surface area contributed by atoms with Crippen molar-refractivity contribution in [3.8, 4) is 6.07 Å². The molecule has 0 atom stereocenters. The van der Waals surface area contributed by atoms with Crippen molar-refractivity contribution in [3.63, 3.8) is 0 Å². The number of carbonyl (C=O) groups excluding carboxylic acids is 1. The van der Waals surface area contributed by atoms with E-state index in [9.17, 15) is 4.79 Å². The summed E-state index contributed by atoms with van der Waals surface area (Å²) in [5, 5.41) is 10.5. The minimum atomic E-state index is -0.154. The van der Waals surface area contributed by atoms with Crippen LogP contribution in [0.3, 0.4) is 0 Å². The van der Waals surface area contributed by atoms with Gasteiger partial charge in [0.05, 0.1) is 6.07 Å². The zero-order valence-electron chi connectivity index (χ0n) is 5.43. The number of carbonyl (C=O) groups is 1. The van der Waals surface area contributed by atoms with E-state index in [1.807, 2.05) is 0 Å². The molecule has 0 saturated carbocycles. The fraction of sp³-hybridized carbons (Fsp3) is 0.333. The summed E-state index contributed by atoms with van der Waals surface area (Å²) in [6.45, 7) is 3.05. The molecule has 0 aliphatic heterocycles. The van der Waals surface area contributed by atoms with Gasteiger partial charge in [-0.05, 0) is 6.92 Å². The van der Waals surface area contributed by atoms with E-state index in [4.69, 9.17) is 5.26 Å². The first-order chi connectivity index (χ1) is 4.16. The molecule has 0 unspecified atom stereocenters. The van der Waals surface area contributed by atoms with E-state index in [-0.39, 0.29) is 5.91 Å². The van der Waals surface area contributed by atoms with Gasteiger partial charge in [0, 0.05) is 18.7 Å². The number of nitrogens with zero attached hydrogens (tertiary/aromatic N) is 1. The third-order valence-corrected chi connectivity index (χ3v) is 0.654. The van der Waals surface area contributed by atoms with Crippen molar-refractivity contribution in [2.75, 3.05) is 0 Å². The van der Waals surface area contributed by atoms with Gasteiger partial charge in [-0.2, -0.15) is 5.26 Å². The zero-order chi connectivity index (χ0) is 7.28. The number of hydrogen-bond donors (Lipinski definition) is 1. The molecule has 0 rings (SSSR count). The van der Waals surface area contributed by atoms with E-state index in [0.29, 0.717) is 5.70 Å². The third-order valence-electron chi connectivity index (χ3n) is 0.654. The standard InChI is InChI=1S/C6H8N2O/c1-5(3-4-7)8-6(2)9/h3H,1-2H3,(H,8,9). The number of allylic oxidation sites excluding steroid dienone is 2. The van der Waals surface area contributed by atoms with Crippen LogP contribution in [0.5, 0.6) is 0 Å². The fourth-order valence-electron chi connectivity index (χ4n) is 0.411. The van der Waals surface area contributed by atoms with Gasteiger partial charge < -0.3 is 5.32 Å². The van der Waals surface area contributed by atoms with Crippen LogP contribution in [-0.4, -0.2) is 5.91 Å². The molecule has 9 heavy (non-hydrogen) atoms. The van der Waals surface area contributed by atoms with Gasteiger partial charge in [-0.15, -0.1) is 0 Å². The number of amides is 1. The van der Waals surface area contributed by atoms with Crippen molar-refractivity contribution in [1.29, 1.82) is 5.26 Å². The first kappa shape index (κ1) is 7.70. The van der Waals surface area contributed by atoms with E-state index in [2.05, 4.69) is 5.32 Å². The molecule has 1 amide bonds. The Balaban J connectivity index is 3.80. The smallest absolute Gasteiger partial charge is 0.221 e. The minimum Gasteiger partial charge on any atom is -0.330 e. The van der Waals surface area contributed by atoms with E-state index in [0.717, 1.165) is 0 Å². The van der Waals surface area contributed by atoms with Gasteiger partial charge in [-0.3, -0.25) is 4.79 Å². The molecule has 3 nitrogen and oxygen atoms in total. The lowest BCUT2D eigenvalue weighted by molar-refractivity contribution is -0.118. The van der Waals surface area contributed by atoms with Crippen molar-refractivity contribution in [2.45, 2.75) is 13.8 Å². The van der Waals surface area contributed by atoms with E-state index in [1.54, 1.807) is 13.0 Å². The van der Waals surface area contributed by atoms with Gasteiger partial charge in [-0.25, -0.2) is 0 Å². The van der Waals surface area contributed by atoms with Gasteiger partial charge >= 0.3 is 0 Å². The normalized spacial score (nSPS) is 10.1. The summed E-state index contributed by atoms with van der Waals surface area (Å²) in [4.78, 5) is 10.3. The average molecular weight is 124 g/mol. The van der Waals surface area contributed by atoms with Crippen molar-refractivity contribution < 1.29 is 4.79 Å². The molecule has 0 aromatic heterocycles. The van der Waals surface area contributed by atoms with Crippen molar-refractivity contribution >= 4 is 5.91 Å². The second-order valence-electron chi connectivity index (χ2n) is 1.64. The molecular formula is C6H8N2O. The molecular weight excluding hydrogens is 116 g/mol. The monoisotopic (exact) mass is 124 g/mol. The highest BCUT2D eigenvalue weighted by atomic mass is 16.1. The van der Waals surface area contributed by atoms with Crippen LogP contribution in [0.4, 0.5) is 0 Å². The maximum absolute atomic E-state index is 10.3. The van der Waals surface area contributed by atoms with Gasteiger partial charge in [-0.1, -0.05) is 0 Å². The number of nitriles is 1. The van der Waals surface area contributed by atoms with Crippen LogP contribution in [0.1, 0.15) is 13.8 Å². The molecule has 0 aliphatic carbocycles. The predicted octanol–water partition coefficient (Wildman–Crippen LogP) is 0.550. The van der Waals surface area contributed by atoms with Crippen LogP contribution in [0.15, 0.2) is 11.8 Å². The SMILES string of the molecule is CC(=O)NC(C)=CC#N. The zero-order valence-corrected chi connectivity index (χ0v) is 5.43. The van der Waals surface area contributed by atoms with Gasteiger partial charge in [0.1, 0.15) is 0 Å². The first-order valence-corrected chi connectivity index (χ1v) is 2.51. The third kappa shape index (κ3) is 4.56. The van der Waals surface area contributed by atoms with Crippen molar-refractivity contribution in [3.05, 3.63) is 11.8 Å². The van der Waals surface area contributed by atoms with Crippen LogP contribution in [0.2, 0.25) is 0 Å². The largest absolute Gasteiger partial charge is 0.330 e. The van der Waals surface area contributed by atoms with Crippen LogP contribution < -0.4 is 5.32 Å². The lowest BCUT2D eigenvalue weighted by Crippen LogP contribution is -2.16. The molecule has 0 bridgehead atoms. The fourth-order valence-corrected chi connectivity index (χ4v) is 0.411. The van der Waals surface area contributed by atoms with Gasteiger partial charge in [0.25, 0.3) is 0 Å². The molecule has 0 radical (unpaired) electrons. The van der Waals surface area contributed by atoms with Crippen LogP contribution in [0.25, 0.3) is 0 Å². The molecule has 0 aromatic carbocycles. The second-order valence-corrected chi connectivity index (χ2v) is 1.64. The Morgan fingerprint density at radius 3 is 2.56 bits per heavy atom. The Labute approximate surface area is 54.0 Å². The molecule has 0 saturated heterocycles. The Kier molecular flexibility index (Phi) is 3.14. The van der Waals surface area contributed by atoms with Crippen LogP contribution >= 0.6 is 0 Å². The Morgan fingerprint density at radius 1 is 1.67 bits per heavy atom. The summed E-state index contributed by atoms with van der Waals surface area (Å²) in [7, 11) is 0. The molecule has 1 N–H and O–H groups in total. The molecule has 48 valence electrons. The molecule has 0 aliphatic rings. The highest BCUT2D eigenvalue weighted by Gasteiger charge is 1.88. The summed E-state index contributed by atoms with van der Waals surface area (Å²) >= 11 is 0. The summed E-state index contributed by atoms with van der Waals surface area (Å²) in [5.74, 6) is -0.154. The quantitative estimate of drug-likeness (QED) is 0.519. The number of rotatable bonds is 1. The van der Waals surface area contributed by atoms with E-state index in [1.165, 1.54) is 13.0 Å². The lowest BCUT2D eigenvalue weighted by Gasteiger charge is -1.95. The van der Waals surface area contributed by atoms with Crippen molar-refractivity contribution in [1.82, 2.24) is 5.32 Å². The maximum atomic E-state index is 10.3. The lowest BCUT2D eigenvalue weighted by atomic mass is 10.4. The first-order valence-electron chi connectivity index (χ1n) is 2.51. The molecule has 0 heterocycles. The topological polar surface area (TPSA) is 52.9 Å². The van der Waals surface area contributed by atoms with Gasteiger partial charge in [0.15, 0.2) is 0 Å². The van der Waals surface area contributed by atoms with E-state index >= 15 is 0 Å². The van der Waals surface area contributed by atoms with Crippen LogP contribution in [-0.2, 0) is 4.79 Å². The Morgan fingerprint density at radius 2 is 2.22 bits per heavy atom. The van der Waals surface area contributed by atoms with E-state index < -0.39 is 0 Å². The van der Waals surface area contributed by atoms with Gasteiger partial charge in [0.2, 0.25) is 5.91 Å². The number of hydrogen-bond acceptors (Lipinski definition) is 2. The summed E-state index contributed by atoms with van der Waals surface area (Å²) < 4.78 is 0. The minimum absolute atomic E-state index is 0.154. The Hall–Kier alpha value is -1.30. The molecule has 0 spiro atoms. The average Bonchev–Trinajstić information content (AvgIpc) is 1.63. The second kappa shape index (κ2) is 3.67. The van der Waals surface area contributed by atoms with Crippen molar-refractivity contribution in [2.24, 2.45) is 0 Å². The summed E-state index contributed by atoms with van der Waals surface area (Å²) in [5.41, 5.74) is 0.574. The molecule has 0 aromatic rings. The van der Waals surface area contributed by atoms with Crippen LogP contribution in [0, 0.1) is 11.3 Å². The number of nitrogens with one attached hydrogen (secondary N) is 1. The molecule has 3 heteroatoms. The Bertz CT molecular complexity index is 176. The maximum Gasteiger partial charge on any atom is 0.221 e.